The maximum Gasteiger partial charge on any atom is 0.410 e. The predicted molar refractivity (Wildman–Crippen MR) is 133 cm³/mol. The van der Waals surface area contributed by atoms with Gasteiger partial charge < -0.3 is 19.9 Å². The van der Waals surface area contributed by atoms with Crippen LogP contribution in [0.4, 0.5) is 26.8 Å². The van der Waals surface area contributed by atoms with Gasteiger partial charge in [0.1, 0.15) is 5.60 Å². The second-order valence-corrected chi connectivity index (χ2v) is 10.0. The molecule has 2 saturated heterocycles. The summed E-state index contributed by atoms with van der Waals surface area (Å²) >= 11 is 0. The van der Waals surface area contributed by atoms with Crippen molar-refractivity contribution < 1.29 is 14.3 Å². The zero-order chi connectivity index (χ0) is 24.6. The SMILES string of the molecule is CC(C)(C)OC(=O)N1CC2CN(c3ccc4c(NC(=O)Nc5cnccn5)ccnc4c3)CC2C1. The Morgan fingerprint density at radius 1 is 0.971 bits per heavy atom. The Balaban J connectivity index is 1.24. The van der Waals surface area contributed by atoms with Crippen molar-refractivity contribution in [1.82, 2.24) is 19.9 Å². The van der Waals surface area contributed by atoms with E-state index in [0.29, 0.717) is 23.3 Å². The van der Waals surface area contributed by atoms with Crippen molar-refractivity contribution in [3.63, 3.8) is 0 Å². The standard InChI is InChI=1S/C25H29N7O3/c1-25(2,3)35-24(34)32-14-16-12-31(13-17(16)15-32)18-4-5-19-20(6-7-27-21(19)10-18)29-23(33)30-22-11-26-8-9-28-22/h4-11,16-17H,12-15H2,1-3H3,(H2,27,28,29,30,33). The first-order valence-corrected chi connectivity index (χ1v) is 11.7. The third-order valence-corrected chi connectivity index (χ3v) is 6.28. The van der Waals surface area contributed by atoms with E-state index in [0.717, 1.165) is 42.8 Å². The first-order valence-electron chi connectivity index (χ1n) is 11.7. The zero-order valence-electron chi connectivity index (χ0n) is 20.1. The molecule has 0 spiro atoms. The average Bonchev–Trinajstić information content (AvgIpc) is 3.38. The number of aromatic nitrogens is 3. The number of nitrogens with zero attached hydrogens (tertiary/aromatic N) is 5. The highest BCUT2D eigenvalue weighted by Gasteiger charge is 2.42. The molecule has 2 fully saturated rings. The molecule has 4 heterocycles. The van der Waals surface area contributed by atoms with Gasteiger partial charge >= 0.3 is 12.1 Å². The van der Waals surface area contributed by atoms with E-state index in [1.807, 2.05) is 37.8 Å². The number of fused-ring (bicyclic) bond motifs is 2. The molecule has 0 bridgehead atoms. The molecule has 0 saturated carbocycles. The van der Waals surface area contributed by atoms with Gasteiger partial charge in [-0.05, 0) is 45.0 Å². The fourth-order valence-electron chi connectivity index (χ4n) is 4.76. The quantitative estimate of drug-likeness (QED) is 0.589. The number of hydrogen-bond acceptors (Lipinski definition) is 7. The van der Waals surface area contributed by atoms with Crippen molar-refractivity contribution in [1.29, 1.82) is 0 Å². The van der Waals surface area contributed by atoms with Gasteiger partial charge in [-0.1, -0.05) is 0 Å². The number of anilines is 3. The Bertz CT molecular complexity index is 1230. The predicted octanol–water partition coefficient (Wildman–Crippen LogP) is 3.97. The molecule has 182 valence electrons. The number of benzene rings is 1. The number of likely N-dealkylation sites (tertiary alicyclic amines) is 1. The maximum absolute atomic E-state index is 12.4. The van der Waals surface area contributed by atoms with Gasteiger partial charge in [0.15, 0.2) is 5.82 Å². The van der Waals surface area contributed by atoms with E-state index in [-0.39, 0.29) is 6.09 Å². The largest absolute Gasteiger partial charge is 0.444 e. The number of hydrogen-bond donors (Lipinski definition) is 2. The molecule has 0 radical (unpaired) electrons. The normalized spacial score (nSPS) is 19.5. The van der Waals surface area contributed by atoms with E-state index in [1.54, 1.807) is 18.5 Å². The summed E-state index contributed by atoms with van der Waals surface area (Å²) in [4.78, 5) is 41.6. The number of rotatable bonds is 3. The lowest BCUT2D eigenvalue weighted by molar-refractivity contribution is 0.0282. The number of pyridine rings is 1. The zero-order valence-corrected chi connectivity index (χ0v) is 20.1. The lowest BCUT2D eigenvalue weighted by Gasteiger charge is -2.26. The van der Waals surface area contributed by atoms with E-state index in [4.69, 9.17) is 4.74 Å². The van der Waals surface area contributed by atoms with Gasteiger partial charge in [-0.25, -0.2) is 14.6 Å². The van der Waals surface area contributed by atoms with Crippen molar-refractivity contribution in [2.75, 3.05) is 41.7 Å². The monoisotopic (exact) mass is 475 g/mol. The summed E-state index contributed by atoms with van der Waals surface area (Å²) in [5.74, 6) is 1.21. The third-order valence-electron chi connectivity index (χ3n) is 6.28. The number of amides is 3. The van der Waals surface area contributed by atoms with Crippen LogP contribution in [0.1, 0.15) is 20.8 Å². The van der Waals surface area contributed by atoms with E-state index in [1.165, 1.54) is 12.4 Å². The second kappa shape index (κ2) is 9.01. The van der Waals surface area contributed by atoms with Gasteiger partial charge in [-0.2, -0.15) is 0 Å². The summed E-state index contributed by atoms with van der Waals surface area (Å²) in [7, 11) is 0. The molecule has 3 aromatic rings. The molecule has 2 unspecified atom stereocenters. The minimum Gasteiger partial charge on any atom is -0.444 e. The van der Waals surface area contributed by atoms with E-state index in [9.17, 15) is 9.59 Å². The molecule has 10 nitrogen and oxygen atoms in total. The lowest BCUT2D eigenvalue weighted by Crippen LogP contribution is -2.37. The summed E-state index contributed by atoms with van der Waals surface area (Å²) < 4.78 is 5.54. The van der Waals surface area contributed by atoms with Gasteiger partial charge in [0.05, 0.1) is 17.4 Å². The average molecular weight is 476 g/mol. The molecule has 10 heteroatoms. The van der Waals surface area contributed by atoms with Crippen LogP contribution in [0.15, 0.2) is 49.1 Å². The summed E-state index contributed by atoms with van der Waals surface area (Å²) in [5.41, 5.74) is 2.06. The fraction of sp³-hybridized carbons (Fsp3) is 0.400. The minimum absolute atomic E-state index is 0.225. The molecule has 3 amide bonds. The first kappa shape index (κ1) is 22.8. The molecule has 2 N–H and O–H groups in total. The van der Waals surface area contributed by atoms with Crippen molar-refractivity contribution in [3.8, 4) is 0 Å². The smallest absolute Gasteiger partial charge is 0.410 e. The van der Waals surface area contributed by atoms with Crippen LogP contribution in [0.3, 0.4) is 0 Å². The van der Waals surface area contributed by atoms with Crippen LogP contribution in [0.25, 0.3) is 10.9 Å². The topological polar surface area (TPSA) is 113 Å². The van der Waals surface area contributed by atoms with Crippen LogP contribution in [-0.4, -0.2) is 63.8 Å². The van der Waals surface area contributed by atoms with E-state index < -0.39 is 11.6 Å². The summed E-state index contributed by atoms with van der Waals surface area (Å²) in [6.07, 6.45) is 6.00. The van der Waals surface area contributed by atoms with Crippen molar-refractivity contribution >= 4 is 40.2 Å². The van der Waals surface area contributed by atoms with Gasteiger partial charge in [0.25, 0.3) is 0 Å². The molecule has 2 aliphatic heterocycles. The Labute approximate surface area is 203 Å². The number of nitrogens with one attached hydrogen (secondary N) is 2. The number of urea groups is 1. The fourth-order valence-corrected chi connectivity index (χ4v) is 4.76. The molecule has 35 heavy (non-hydrogen) atoms. The first-order chi connectivity index (χ1) is 16.7. The van der Waals surface area contributed by atoms with E-state index in [2.05, 4.69) is 36.6 Å². The van der Waals surface area contributed by atoms with Gasteiger partial charge in [0.2, 0.25) is 0 Å². The number of ether oxygens (including phenoxy) is 1. The van der Waals surface area contributed by atoms with Gasteiger partial charge in [0, 0.05) is 67.7 Å². The summed E-state index contributed by atoms with van der Waals surface area (Å²) in [6.45, 7) is 8.88. The van der Waals surface area contributed by atoms with Crippen LogP contribution in [-0.2, 0) is 4.74 Å². The Morgan fingerprint density at radius 2 is 1.74 bits per heavy atom. The van der Waals surface area contributed by atoms with Crippen molar-refractivity contribution in [2.24, 2.45) is 11.8 Å². The van der Waals surface area contributed by atoms with Crippen LogP contribution in [0, 0.1) is 11.8 Å². The van der Waals surface area contributed by atoms with Crippen molar-refractivity contribution in [2.45, 2.75) is 26.4 Å². The van der Waals surface area contributed by atoms with Crippen LogP contribution in [0.2, 0.25) is 0 Å². The summed E-state index contributed by atoms with van der Waals surface area (Å²) in [6, 6.07) is 7.46. The van der Waals surface area contributed by atoms with Gasteiger partial charge in [-0.3, -0.25) is 15.3 Å². The van der Waals surface area contributed by atoms with E-state index >= 15 is 0 Å². The minimum atomic E-state index is -0.483. The highest BCUT2D eigenvalue weighted by molar-refractivity contribution is 6.05. The van der Waals surface area contributed by atoms with Crippen LogP contribution < -0.4 is 15.5 Å². The Kier molecular flexibility index (Phi) is 5.88. The number of carbonyl (C=O) groups excluding carboxylic acids is 2. The molecule has 0 aliphatic carbocycles. The highest BCUT2D eigenvalue weighted by atomic mass is 16.6. The number of carbonyl (C=O) groups is 2. The lowest BCUT2D eigenvalue weighted by atomic mass is 10.0. The molecular weight excluding hydrogens is 446 g/mol. The van der Waals surface area contributed by atoms with Crippen LogP contribution in [0.5, 0.6) is 0 Å². The molecule has 5 rings (SSSR count). The molecule has 1 aromatic carbocycles. The Morgan fingerprint density at radius 3 is 2.43 bits per heavy atom. The van der Waals surface area contributed by atoms with Crippen LogP contribution >= 0.6 is 0 Å². The maximum atomic E-state index is 12.4. The second-order valence-electron chi connectivity index (χ2n) is 10.0. The molecular formula is C25H29N7O3. The Hall–Kier alpha value is -3.95. The third kappa shape index (κ3) is 5.11. The summed E-state index contributed by atoms with van der Waals surface area (Å²) in [5, 5.41) is 6.38. The van der Waals surface area contributed by atoms with Crippen molar-refractivity contribution in [3.05, 3.63) is 49.1 Å². The molecule has 2 aromatic heterocycles. The highest BCUT2D eigenvalue weighted by Crippen LogP contribution is 2.36. The molecule has 2 atom stereocenters. The molecule has 2 aliphatic rings. The van der Waals surface area contributed by atoms with Gasteiger partial charge in [-0.15, -0.1) is 0 Å².